The maximum Gasteiger partial charge on any atom is 0.0641 e. The second-order valence-corrected chi connectivity index (χ2v) is 4.59. The molecule has 0 spiro atoms. The van der Waals surface area contributed by atoms with Crippen LogP contribution in [0.1, 0.15) is 43.6 Å². The summed E-state index contributed by atoms with van der Waals surface area (Å²) < 4.78 is 1.96. The van der Waals surface area contributed by atoms with Crippen molar-refractivity contribution in [1.82, 2.24) is 15.1 Å². The van der Waals surface area contributed by atoms with Gasteiger partial charge in [0.1, 0.15) is 0 Å². The Labute approximate surface area is 99.2 Å². The van der Waals surface area contributed by atoms with E-state index in [1.807, 2.05) is 11.7 Å². The van der Waals surface area contributed by atoms with E-state index in [1.165, 1.54) is 24.1 Å². The molecule has 0 bridgehead atoms. The van der Waals surface area contributed by atoms with Crippen LogP contribution in [0.5, 0.6) is 0 Å². The molecule has 0 aromatic carbocycles. The zero-order chi connectivity index (χ0) is 12.1. The van der Waals surface area contributed by atoms with Gasteiger partial charge in [-0.15, -0.1) is 0 Å². The summed E-state index contributed by atoms with van der Waals surface area (Å²) in [5.41, 5.74) is 3.78. The van der Waals surface area contributed by atoms with E-state index in [4.69, 9.17) is 0 Å². The van der Waals surface area contributed by atoms with Crippen LogP contribution in [0.3, 0.4) is 0 Å². The molecule has 0 aliphatic carbocycles. The molecule has 0 saturated carbocycles. The van der Waals surface area contributed by atoms with Crippen molar-refractivity contribution < 1.29 is 0 Å². The average Bonchev–Trinajstić information content (AvgIpc) is 2.50. The van der Waals surface area contributed by atoms with Crippen LogP contribution in [0.25, 0.3) is 0 Å². The third-order valence-corrected chi connectivity index (χ3v) is 3.55. The topological polar surface area (TPSA) is 29.9 Å². The molecule has 0 amide bonds. The highest BCUT2D eigenvalue weighted by molar-refractivity contribution is 5.23. The van der Waals surface area contributed by atoms with Gasteiger partial charge in [0.05, 0.1) is 5.69 Å². The zero-order valence-electron chi connectivity index (χ0n) is 11.3. The monoisotopic (exact) mass is 223 g/mol. The molecular weight excluding hydrogens is 198 g/mol. The Bertz CT molecular complexity index is 324. The van der Waals surface area contributed by atoms with Gasteiger partial charge < -0.3 is 5.32 Å². The number of aryl methyl sites for hydroxylation is 2. The van der Waals surface area contributed by atoms with Crippen molar-refractivity contribution in [3.63, 3.8) is 0 Å². The van der Waals surface area contributed by atoms with E-state index in [9.17, 15) is 0 Å². The molecule has 1 rings (SSSR count). The highest BCUT2D eigenvalue weighted by atomic mass is 15.3. The average molecular weight is 223 g/mol. The van der Waals surface area contributed by atoms with Crippen molar-refractivity contribution in [2.45, 2.75) is 47.1 Å². The first-order valence-corrected chi connectivity index (χ1v) is 6.29. The minimum Gasteiger partial charge on any atom is -0.312 e. The summed E-state index contributed by atoms with van der Waals surface area (Å²) in [4.78, 5) is 0. The van der Waals surface area contributed by atoms with Gasteiger partial charge in [0, 0.05) is 24.8 Å². The molecule has 0 fully saturated rings. The number of nitrogens with zero attached hydrogens (tertiary/aromatic N) is 2. The van der Waals surface area contributed by atoms with Crippen LogP contribution in [0.15, 0.2) is 0 Å². The first-order chi connectivity index (χ1) is 7.60. The summed E-state index contributed by atoms with van der Waals surface area (Å²) in [5, 5.41) is 7.97. The van der Waals surface area contributed by atoms with Crippen molar-refractivity contribution in [2.24, 2.45) is 13.0 Å². The van der Waals surface area contributed by atoms with E-state index < -0.39 is 0 Å². The normalized spacial score (nSPS) is 11.4. The molecule has 92 valence electrons. The van der Waals surface area contributed by atoms with Crippen LogP contribution in [-0.2, 0) is 13.6 Å². The zero-order valence-corrected chi connectivity index (χ0v) is 11.3. The van der Waals surface area contributed by atoms with Crippen molar-refractivity contribution in [3.05, 3.63) is 17.0 Å². The molecule has 1 aromatic heterocycles. The number of rotatable bonds is 6. The lowest BCUT2D eigenvalue weighted by molar-refractivity contribution is 0.449. The van der Waals surface area contributed by atoms with E-state index in [-0.39, 0.29) is 0 Å². The van der Waals surface area contributed by atoms with Gasteiger partial charge in [-0.25, -0.2) is 0 Å². The molecule has 0 radical (unpaired) electrons. The third kappa shape index (κ3) is 3.08. The minimum atomic E-state index is 0.803. The van der Waals surface area contributed by atoms with E-state index >= 15 is 0 Å². The van der Waals surface area contributed by atoms with E-state index in [0.717, 1.165) is 24.7 Å². The van der Waals surface area contributed by atoms with Crippen LogP contribution >= 0.6 is 0 Å². The largest absolute Gasteiger partial charge is 0.312 e. The van der Waals surface area contributed by atoms with E-state index in [2.05, 4.69) is 38.1 Å². The highest BCUT2D eigenvalue weighted by Gasteiger charge is 2.09. The maximum atomic E-state index is 4.43. The molecule has 0 aliphatic heterocycles. The van der Waals surface area contributed by atoms with Gasteiger partial charge in [0.15, 0.2) is 0 Å². The lowest BCUT2D eigenvalue weighted by Crippen LogP contribution is -2.22. The van der Waals surface area contributed by atoms with Crippen molar-refractivity contribution in [1.29, 1.82) is 0 Å². The Hall–Kier alpha value is -0.830. The minimum absolute atomic E-state index is 0.803. The molecule has 3 heteroatoms. The molecule has 0 atom stereocenters. The van der Waals surface area contributed by atoms with Gasteiger partial charge in [-0.3, -0.25) is 4.68 Å². The molecule has 0 aliphatic rings. The molecule has 1 aromatic rings. The van der Waals surface area contributed by atoms with Gasteiger partial charge in [0.2, 0.25) is 0 Å². The van der Waals surface area contributed by atoms with Crippen LogP contribution < -0.4 is 5.32 Å². The number of aromatic nitrogens is 2. The van der Waals surface area contributed by atoms with Crippen LogP contribution in [0.4, 0.5) is 0 Å². The third-order valence-electron chi connectivity index (χ3n) is 3.55. The lowest BCUT2D eigenvalue weighted by Gasteiger charge is -2.13. The number of hydrogen-bond donors (Lipinski definition) is 1. The lowest BCUT2D eigenvalue weighted by atomic mass is 10.0. The smallest absolute Gasteiger partial charge is 0.0641 e. The summed E-state index contributed by atoms with van der Waals surface area (Å²) in [6.45, 7) is 10.8. The standard InChI is InChI=1S/C13H25N3/c1-6-12(7-2)8-14-9-13-10(3)15-16(5)11(13)4/h12,14H,6-9H2,1-5H3. The van der Waals surface area contributed by atoms with Crippen LogP contribution in [0, 0.1) is 19.8 Å². The summed E-state index contributed by atoms with van der Waals surface area (Å²) in [7, 11) is 2.01. The van der Waals surface area contributed by atoms with E-state index in [1.54, 1.807) is 0 Å². The Morgan fingerprint density at radius 3 is 2.31 bits per heavy atom. The summed E-state index contributed by atoms with van der Waals surface area (Å²) in [6.07, 6.45) is 2.52. The summed E-state index contributed by atoms with van der Waals surface area (Å²) in [6, 6.07) is 0. The predicted molar refractivity (Wildman–Crippen MR) is 68.5 cm³/mol. The Kier molecular flexibility index (Phi) is 5.00. The second-order valence-electron chi connectivity index (χ2n) is 4.59. The molecule has 1 heterocycles. The van der Waals surface area contributed by atoms with Crippen LogP contribution in [-0.4, -0.2) is 16.3 Å². The fourth-order valence-corrected chi connectivity index (χ4v) is 2.05. The maximum absolute atomic E-state index is 4.43. The molecule has 1 N–H and O–H groups in total. The molecule has 0 saturated heterocycles. The first kappa shape index (κ1) is 13.2. The molecular formula is C13H25N3. The molecule has 3 nitrogen and oxygen atoms in total. The van der Waals surface area contributed by atoms with Crippen molar-refractivity contribution in [2.75, 3.05) is 6.54 Å². The Balaban J connectivity index is 2.48. The molecule has 16 heavy (non-hydrogen) atoms. The quantitative estimate of drug-likeness (QED) is 0.803. The number of nitrogens with one attached hydrogen (secondary N) is 1. The fraction of sp³-hybridized carbons (Fsp3) is 0.769. The van der Waals surface area contributed by atoms with Gasteiger partial charge in [-0.2, -0.15) is 5.10 Å². The van der Waals surface area contributed by atoms with E-state index in [0.29, 0.717) is 0 Å². The molecule has 0 unspecified atom stereocenters. The van der Waals surface area contributed by atoms with Gasteiger partial charge in [-0.1, -0.05) is 26.7 Å². The Morgan fingerprint density at radius 2 is 1.88 bits per heavy atom. The van der Waals surface area contributed by atoms with Crippen molar-refractivity contribution >= 4 is 0 Å². The van der Waals surface area contributed by atoms with Gasteiger partial charge >= 0.3 is 0 Å². The second kappa shape index (κ2) is 6.04. The van der Waals surface area contributed by atoms with Gasteiger partial charge in [0.25, 0.3) is 0 Å². The van der Waals surface area contributed by atoms with Crippen LogP contribution in [0.2, 0.25) is 0 Å². The summed E-state index contributed by atoms with van der Waals surface area (Å²) >= 11 is 0. The Morgan fingerprint density at radius 1 is 1.25 bits per heavy atom. The summed E-state index contributed by atoms with van der Waals surface area (Å²) in [5.74, 6) is 0.803. The SMILES string of the molecule is CCC(CC)CNCc1c(C)nn(C)c1C. The predicted octanol–water partition coefficient (Wildman–Crippen LogP) is 2.56. The number of hydrogen-bond acceptors (Lipinski definition) is 2. The van der Waals surface area contributed by atoms with Gasteiger partial charge in [-0.05, 0) is 26.3 Å². The van der Waals surface area contributed by atoms with Crippen molar-refractivity contribution in [3.8, 4) is 0 Å². The first-order valence-electron chi connectivity index (χ1n) is 6.29. The highest BCUT2D eigenvalue weighted by Crippen LogP contribution is 2.12. The fourth-order valence-electron chi connectivity index (χ4n) is 2.05.